The van der Waals surface area contributed by atoms with Crippen molar-refractivity contribution in [2.24, 2.45) is 5.73 Å². The Kier molecular flexibility index (Phi) is 3.28. The number of hydrogen-bond donors (Lipinski definition) is 3. The second kappa shape index (κ2) is 4.50. The zero-order valence-electron chi connectivity index (χ0n) is 6.83. The highest BCUT2D eigenvalue weighted by molar-refractivity contribution is 5.34. The quantitative estimate of drug-likeness (QED) is 0.541. The summed E-state index contributed by atoms with van der Waals surface area (Å²) in [5.41, 5.74) is 10.8. The number of hydrogen-bond acceptors (Lipinski definition) is 5. The minimum absolute atomic E-state index is 0.472. The van der Waals surface area contributed by atoms with Crippen LogP contribution >= 0.6 is 0 Å². The molecule has 0 unspecified atom stereocenters. The smallest absolute Gasteiger partial charge is 0.224 e. The zero-order valence-corrected chi connectivity index (χ0v) is 6.83. The van der Waals surface area contributed by atoms with Crippen molar-refractivity contribution in [3.63, 3.8) is 0 Å². The van der Waals surface area contributed by atoms with Gasteiger partial charge < -0.3 is 16.8 Å². The van der Waals surface area contributed by atoms with Gasteiger partial charge in [-0.15, -0.1) is 0 Å². The third kappa shape index (κ3) is 2.71. The molecule has 0 aliphatic heterocycles. The molecule has 0 aromatic carbocycles. The third-order valence-corrected chi connectivity index (χ3v) is 1.34. The van der Waals surface area contributed by atoms with Crippen LogP contribution in [0.4, 0.5) is 11.8 Å². The van der Waals surface area contributed by atoms with E-state index in [2.05, 4.69) is 15.3 Å². The first-order valence-electron chi connectivity index (χ1n) is 3.85. The Morgan fingerprint density at radius 2 is 2.33 bits per heavy atom. The molecule has 1 rings (SSSR count). The van der Waals surface area contributed by atoms with Gasteiger partial charge in [0.05, 0.1) is 0 Å². The van der Waals surface area contributed by atoms with Gasteiger partial charge in [-0.05, 0) is 19.0 Å². The van der Waals surface area contributed by atoms with E-state index >= 15 is 0 Å². The van der Waals surface area contributed by atoms with E-state index in [1.54, 1.807) is 12.3 Å². The summed E-state index contributed by atoms with van der Waals surface area (Å²) < 4.78 is 0. The van der Waals surface area contributed by atoms with E-state index in [9.17, 15) is 0 Å². The summed E-state index contributed by atoms with van der Waals surface area (Å²) >= 11 is 0. The average Bonchev–Trinajstić information content (AvgIpc) is 2.05. The number of nitrogens with zero attached hydrogens (tertiary/aromatic N) is 2. The molecule has 1 aromatic heterocycles. The van der Waals surface area contributed by atoms with Crippen LogP contribution in [0.15, 0.2) is 12.3 Å². The van der Waals surface area contributed by atoms with E-state index in [0.29, 0.717) is 18.3 Å². The fourth-order valence-corrected chi connectivity index (χ4v) is 0.760. The van der Waals surface area contributed by atoms with Crippen LogP contribution in [0.3, 0.4) is 0 Å². The molecule has 1 heterocycles. The standard InChI is InChI=1S/C7H13N5/c8-3-1-4-10-7-11-5-2-6(9)12-7/h2,5H,1,3-4,8H2,(H3,9,10,11,12). The largest absolute Gasteiger partial charge is 0.384 e. The van der Waals surface area contributed by atoms with Gasteiger partial charge in [-0.2, -0.15) is 4.98 Å². The maximum atomic E-state index is 5.45. The van der Waals surface area contributed by atoms with E-state index in [1.807, 2.05) is 0 Å². The molecule has 0 atom stereocenters. The molecule has 0 aliphatic carbocycles. The van der Waals surface area contributed by atoms with E-state index in [0.717, 1.165) is 13.0 Å². The van der Waals surface area contributed by atoms with Crippen LogP contribution in [0.2, 0.25) is 0 Å². The summed E-state index contributed by atoms with van der Waals surface area (Å²) in [4.78, 5) is 7.93. The van der Waals surface area contributed by atoms with Crippen LogP contribution < -0.4 is 16.8 Å². The Hall–Kier alpha value is -1.36. The van der Waals surface area contributed by atoms with Crippen molar-refractivity contribution in [1.29, 1.82) is 0 Å². The fourth-order valence-electron chi connectivity index (χ4n) is 0.760. The third-order valence-electron chi connectivity index (χ3n) is 1.34. The number of nitrogens with one attached hydrogen (secondary N) is 1. The number of nitrogens with two attached hydrogens (primary N) is 2. The first-order valence-corrected chi connectivity index (χ1v) is 3.85. The summed E-state index contributed by atoms with van der Waals surface area (Å²) in [7, 11) is 0. The van der Waals surface area contributed by atoms with Crippen LogP contribution in [-0.4, -0.2) is 23.1 Å². The summed E-state index contributed by atoms with van der Waals surface area (Å²) in [5, 5.41) is 3.00. The monoisotopic (exact) mass is 167 g/mol. The van der Waals surface area contributed by atoms with Gasteiger partial charge >= 0.3 is 0 Å². The topological polar surface area (TPSA) is 89.8 Å². The highest BCUT2D eigenvalue weighted by atomic mass is 15.1. The lowest BCUT2D eigenvalue weighted by Gasteiger charge is -2.02. The zero-order chi connectivity index (χ0) is 8.81. The Balaban J connectivity index is 2.41. The molecule has 0 amide bonds. The molecule has 5 heteroatoms. The molecule has 0 spiro atoms. The summed E-state index contributed by atoms with van der Waals surface area (Å²) in [6.45, 7) is 1.44. The predicted octanol–water partition coefficient (Wildman–Crippen LogP) is -0.181. The maximum absolute atomic E-state index is 5.45. The normalized spacial score (nSPS) is 9.75. The van der Waals surface area contributed by atoms with E-state index in [-0.39, 0.29) is 0 Å². The maximum Gasteiger partial charge on any atom is 0.224 e. The Bertz CT molecular complexity index is 237. The van der Waals surface area contributed by atoms with Crippen molar-refractivity contribution in [3.05, 3.63) is 12.3 Å². The fraction of sp³-hybridized carbons (Fsp3) is 0.429. The van der Waals surface area contributed by atoms with Gasteiger partial charge in [0.15, 0.2) is 0 Å². The minimum Gasteiger partial charge on any atom is -0.384 e. The second-order valence-electron chi connectivity index (χ2n) is 2.37. The molecule has 0 radical (unpaired) electrons. The Morgan fingerprint density at radius 3 is 3.00 bits per heavy atom. The molecular formula is C7H13N5. The SMILES string of the molecule is NCCCNc1nccc(N)n1. The van der Waals surface area contributed by atoms with Crippen LogP contribution in [0, 0.1) is 0 Å². The van der Waals surface area contributed by atoms with Gasteiger partial charge in [0, 0.05) is 12.7 Å². The number of nitrogen functional groups attached to an aromatic ring is 1. The molecule has 0 bridgehead atoms. The number of aromatic nitrogens is 2. The molecule has 0 aliphatic rings. The first kappa shape index (κ1) is 8.73. The van der Waals surface area contributed by atoms with E-state index in [1.165, 1.54) is 0 Å². The number of anilines is 2. The van der Waals surface area contributed by atoms with Gasteiger partial charge in [-0.25, -0.2) is 4.98 Å². The molecular weight excluding hydrogens is 154 g/mol. The van der Waals surface area contributed by atoms with Crippen LogP contribution in [0.1, 0.15) is 6.42 Å². The van der Waals surface area contributed by atoms with Gasteiger partial charge in [-0.3, -0.25) is 0 Å². The summed E-state index contributed by atoms with van der Waals surface area (Å²) in [6.07, 6.45) is 2.52. The predicted molar refractivity (Wildman–Crippen MR) is 48.6 cm³/mol. The van der Waals surface area contributed by atoms with Crippen molar-refractivity contribution in [1.82, 2.24) is 9.97 Å². The summed E-state index contributed by atoms with van der Waals surface area (Å²) in [6, 6.07) is 1.65. The number of rotatable bonds is 4. The van der Waals surface area contributed by atoms with Crippen molar-refractivity contribution in [2.75, 3.05) is 24.1 Å². The van der Waals surface area contributed by atoms with Gasteiger partial charge in [0.25, 0.3) is 0 Å². The van der Waals surface area contributed by atoms with Crippen molar-refractivity contribution >= 4 is 11.8 Å². The Morgan fingerprint density at radius 1 is 1.50 bits per heavy atom. The molecule has 0 fully saturated rings. The summed E-state index contributed by atoms with van der Waals surface area (Å²) in [5.74, 6) is 1.03. The van der Waals surface area contributed by atoms with Crippen molar-refractivity contribution in [2.45, 2.75) is 6.42 Å². The molecule has 5 nitrogen and oxygen atoms in total. The highest BCUT2D eigenvalue weighted by Crippen LogP contribution is 2.00. The lowest BCUT2D eigenvalue weighted by Crippen LogP contribution is -2.10. The first-order chi connectivity index (χ1) is 5.83. The van der Waals surface area contributed by atoms with Crippen molar-refractivity contribution in [3.8, 4) is 0 Å². The molecule has 66 valence electrons. The lowest BCUT2D eigenvalue weighted by molar-refractivity contribution is 0.864. The molecule has 0 saturated carbocycles. The van der Waals surface area contributed by atoms with Gasteiger partial charge in [-0.1, -0.05) is 0 Å². The van der Waals surface area contributed by atoms with Crippen LogP contribution in [0.25, 0.3) is 0 Å². The van der Waals surface area contributed by atoms with Crippen molar-refractivity contribution < 1.29 is 0 Å². The lowest BCUT2D eigenvalue weighted by atomic mass is 10.4. The highest BCUT2D eigenvalue weighted by Gasteiger charge is 1.93. The van der Waals surface area contributed by atoms with E-state index in [4.69, 9.17) is 11.5 Å². The van der Waals surface area contributed by atoms with Gasteiger partial charge in [0.1, 0.15) is 5.82 Å². The average molecular weight is 167 g/mol. The Labute approximate surface area is 71.2 Å². The molecule has 12 heavy (non-hydrogen) atoms. The molecule has 5 N–H and O–H groups in total. The van der Waals surface area contributed by atoms with Gasteiger partial charge in [0.2, 0.25) is 5.95 Å². The van der Waals surface area contributed by atoms with Crippen LogP contribution in [0.5, 0.6) is 0 Å². The van der Waals surface area contributed by atoms with Crippen LogP contribution in [-0.2, 0) is 0 Å². The molecule has 1 aromatic rings. The van der Waals surface area contributed by atoms with E-state index < -0.39 is 0 Å². The second-order valence-corrected chi connectivity index (χ2v) is 2.37. The minimum atomic E-state index is 0.472. The molecule has 0 saturated heterocycles.